The van der Waals surface area contributed by atoms with Gasteiger partial charge in [0, 0.05) is 30.9 Å². The highest BCUT2D eigenvalue weighted by Crippen LogP contribution is 2.33. The number of ketones is 1. The summed E-state index contributed by atoms with van der Waals surface area (Å²) in [6, 6.07) is 3.97. The van der Waals surface area contributed by atoms with Gasteiger partial charge in [-0.05, 0) is 54.9 Å². The van der Waals surface area contributed by atoms with Crippen LogP contribution < -0.4 is 4.74 Å². The van der Waals surface area contributed by atoms with E-state index in [1.54, 1.807) is 12.5 Å². The van der Waals surface area contributed by atoms with Crippen LogP contribution in [0.1, 0.15) is 54.6 Å². The van der Waals surface area contributed by atoms with Crippen LogP contribution in [0.3, 0.4) is 0 Å². The van der Waals surface area contributed by atoms with E-state index in [0.29, 0.717) is 18.9 Å². The van der Waals surface area contributed by atoms with Gasteiger partial charge in [-0.1, -0.05) is 13.8 Å². The lowest BCUT2D eigenvalue weighted by Gasteiger charge is -2.23. The highest BCUT2D eigenvalue weighted by atomic mass is 16.5. The minimum absolute atomic E-state index is 0.220. The predicted molar refractivity (Wildman–Crippen MR) is 94.6 cm³/mol. The largest absolute Gasteiger partial charge is 0.493 e. The Morgan fingerprint density at radius 2 is 2.04 bits per heavy atom. The average molecular weight is 326 g/mol. The molecule has 0 radical (unpaired) electrons. The molecule has 0 N–H and O–H groups in total. The van der Waals surface area contributed by atoms with Crippen LogP contribution in [0.25, 0.3) is 0 Å². The molecule has 1 aliphatic rings. The molecular weight excluding hydrogens is 300 g/mol. The molecule has 0 unspecified atom stereocenters. The summed E-state index contributed by atoms with van der Waals surface area (Å²) in [6.45, 7) is 5.71. The Balaban J connectivity index is 1.78. The lowest BCUT2D eigenvalue weighted by atomic mass is 9.85. The zero-order valence-electron chi connectivity index (χ0n) is 14.6. The molecule has 1 aliphatic carbocycles. The second-order valence-corrected chi connectivity index (χ2v) is 6.95. The Hall–Kier alpha value is -2.10. The number of aryl methyl sites for hydroxylation is 1. The van der Waals surface area contributed by atoms with Gasteiger partial charge in [-0.25, -0.2) is 4.98 Å². The Morgan fingerprint density at radius 1 is 1.25 bits per heavy atom. The van der Waals surface area contributed by atoms with Gasteiger partial charge < -0.3 is 9.30 Å². The molecule has 0 saturated heterocycles. The Kier molecular flexibility index (Phi) is 5.34. The average Bonchev–Trinajstić information content (AvgIpc) is 3.11. The second kappa shape index (κ2) is 7.65. The van der Waals surface area contributed by atoms with Gasteiger partial charge in [0.2, 0.25) is 0 Å². The van der Waals surface area contributed by atoms with Crippen LogP contribution in [-0.2, 0) is 19.4 Å². The molecule has 0 saturated carbocycles. The van der Waals surface area contributed by atoms with Gasteiger partial charge in [-0.3, -0.25) is 4.79 Å². The number of imidazole rings is 1. The van der Waals surface area contributed by atoms with E-state index < -0.39 is 0 Å². The molecule has 1 heterocycles. The smallest absolute Gasteiger partial charge is 0.164 e. The zero-order chi connectivity index (χ0) is 16.9. The monoisotopic (exact) mass is 326 g/mol. The number of aromatic nitrogens is 2. The third-order valence-electron chi connectivity index (χ3n) is 4.52. The number of nitrogens with zero attached hydrogens (tertiary/aromatic N) is 2. The molecule has 0 aliphatic heterocycles. The maximum atomic E-state index is 12.7. The number of fused-ring (bicyclic) bond motifs is 1. The molecule has 3 rings (SSSR count). The molecule has 128 valence electrons. The summed E-state index contributed by atoms with van der Waals surface area (Å²) in [7, 11) is 0. The summed E-state index contributed by atoms with van der Waals surface area (Å²) in [5.74, 6) is 1.70. The summed E-state index contributed by atoms with van der Waals surface area (Å²) in [5.41, 5.74) is 3.37. The second-order valence-electron chi connectivity index (χ2n) is 6.95. The van der Waals surface area contributed by atoms with Crippen LogP contribution in [0.5, 0.6) is 5.75 Å². The summed E-state index contributed by atoms with van der Waals surface area (Å²) in [4.78, 5) is 16.7. The molecule has 0 amide bonds. The van der Waals surface area contributed by atoms with E-state index in [-0.39, 0.29) is 5.78 Å². The maximum absolute atomic E-state index is 12.7. The third-order valence-corrected chi connectivity index (χ3v) is 4.52. The molecule has 2 aromatic rings. The Labute approximate surface area is 143 Å². The molecule has 0 fully saturated rings. The van der Waals surface area contributed by atoms with Crippen LogP contribution in [-0.4, -0.2) is 21.9 Å². The van der Waals surface area contributed by atoms with Crippen molar-refractivity contribution in [2.75, 3.05) is 6.61 Å². The van der Waals surface area contributed by atoms with Gasteiger partial charge in [-0.2, -0.15) is 0 Å². The highest BCUT2D eigenvalue weighted by Gasteiger charge is 2.21. The van der Waals surface area contributed by atoms with Crippen LogP contribution in [0.4, 0.5) is 0 Å². The number of carbonyl (C=O) groups is 1. The SMILES string of the molecule is CC(C)COc1ccc(C(=O)CCn2ccnc2)c2c1CCCC2. The molecular formula is C20H26N2O2. The normalized spacial score (nSPS) is 13.8. The molecule has 0 bridgehead atoms. The fourth-order valence-corrected chi connectivity index (χ4v) is 3.27. The van der Waals surface area contributed by atoms with Gasteiger partial charge in [0.05, 0.1) is 12.9 Å². The van der Waals surface area contributed by atoms with E-state index in [9.17, 15) is 4.79 Å². The summed E-state index contributed by atoms with van der Waals surface area (Å²) in [5, 5.41) is 0. The summed E-state index contributed by atoms with van der Waals surface area (Å²) >= 11 is 0. The van der Waals surface area contributed by atoms with Crippen molar-refractivity contribution in [2.24, 2.45) is 5.92 Å². The molecule has 0 atom stereocenters. The van der Waals surface area contributed by atoms with Crippen molar-refractivity contribution in [1.29, 1.82) is 0 Å². The van der Waals surface area contributed by atoms with Crippen molar-refractivity contribution in [3.8, 4) is 5.75 Å². The van der Waals surface area contributed by atoms with E-state index in [4.69, 9.17) is 4.74 Å². The van der Waals surface area contributed by atoms with Crippen molar-refractivity contribution in [3.63, 3.8) is 0 Å². The van der Waals surface area contributed by atoms with E-state index >= 15 is 0 Å². The van der Waals surface area contributed by atoms with Crippen molar-refractivity contribution < 1.29 is 9.53 Å². The van der Waals surface area contributed by atoms with E-state index in [1.165, 1.54) is 17.5 Å². The van der Waals surface area contributed by atoms with E-state index in [2.05, 4.69) is 18.8 Å². The van der Waals surface area contributed by atoms with Gasteiger partial charge in [0.1, 0.15) is 5.75 Å². The molecule has 1 aromatic carbocycles. The van der Waals surface area contributed by atoms with Crippen molar-refractivity contribution >= 4 is 5.78 Å². The number of ether oxygens (including phenoxy) is 1. The van der Waals surface area contributed by atoms with Crippen LogP contribution >= 0.6 is 0 Å². The van der Waals surface area contributed by atoms with Crippen molar-refractivity contribution in [2.45, 2.75) is 52.5 Å². The zero-order valence-corrected chi connectivity index (χ0v) is 14.6. The van der Waals surface area contributed by atoms with Crippen LogP contribution in [0, 0.1) is 5.92 Å². The minimum Gasteiger partial charge on any atom is -0.493 e. The predicted octanol–water partition coefficient (Wildman–Crippen LogP) is 4.07. The quantitative estimate of drug-likeness (QED) is 0.720. The molecule has 0 spiro atoms. The number of carbonyl (C=O) groups excluding carboxylic acids is 1. The lowest BCUT2D eigenvalue weighted by molar-refractivity contribution is 0.0975. The fraction of sp³-hybridized carbons (Fsp3) is 0.500. The van der Waals surface area contributed by atoms with Gasteiger partial charge in [-0.15, -0.1) is 0 Å². The first-order valence-electron chi connectivity index (χ1n) is 8.91. The molecule has 24 heavy (non-hydrogen) atoms. The standard InChI is InChI=1S/C20H26N2O2/c1-15(2)13-24-20-8-7-17(16-5-3-4-6-18(16)20)19(23)9-11-22-12-10-21-14-22/h7-8,10,12,14-15H,3-6,9,11,13H2,1-2H3. The van der Waals surface area contributed by atoms with Gasteiger partial charge >= 0.3 is 0 Å². The first-order valence-corrected chi connectivity index (χ1v) is 8.91. The van der Waals surface area contributed by atoms with Gasteiger partial charge in [0.15, 0.2) is 5.78 Å². The first-order chi connectivity index (χ1) is 11.6. The summed E-state index contributed by atoms with van der Waals surface area (Å²) < 4.78 is 7.94. The van der Waals surface area contributed by atoms with E-state index in [1.807, 2.05) is 22.9 Å². The third kappa shape index (κ3) is 3.86. The highest BCUT2D eigenvalue weighted by molar-refractivity contribution is 5.98. The van der Waals surface area contributed by atoms with Gasteiger partial charge in [0.25, 0.3) is 0 Å². The number of rotatable bonds is 7. The number of benzene rings is 1. The molecule has 1 aromatic heterocycles. The minimum atomic E-state index is 0.220. The maximum Gasteiger partial charge on any atom is 0.164 e. The topological polar surface area (TPSA) is 44.1 Å². The first kappa shape index (κ1) is 16.7. The Bertz CT molecular complexity index is 690. The van der Waals surface area contributed by atoms with Crippen molar-refractivity contribution in [1.82, 2.24) is 9.55 Å². The molecule has 4 heteroatoms. The van der Waals surface area contributed by atoms with Crippen LogP contribution in [0.15, 0.2) is 30.9 Å². The molecule has 4 nitrogen and oxygen atoms in total. The Morgan fingerprint density at radius 3 is 2.75 bits per heavy atom. The number of hydrogen-bond donors (Lipinski definition) is 0. The summed E-state index contributed by atoms with van der Waals surface area (Å²) in [6.07, 6.45) is 10.2. The fourth-order valence-electron chi connectivity index (χ4n) is 3.27. The lowest BCUT2D eigenvalue weighted by Crippen LogP contribution is -2.15. The number of Topliss-reactive ketones (excluding diaryl/α,β-unsaturated/α-hetero) is 1. The van der Waals surface area contributed by atoms with Crippen molar-refractivity contribution in [3.05, 3.63) is 47.5 Å². The number of hydrogen-bond acceptors (Lipinski definition) is 3. The van der Waals surface area contributed by atoms with E-state index in [0.717, 1.165) is 37.2 Å². The van der Waals surface area contributed by atoms with Crippen LogP contribution in [0.2, 0.25) is 0 Å².